The predicted molar refractivity (Wildman–Crippen MR) is 107 cm³/mol. The zero-order chi connectivity index (χ0) is 21.3. The number of carbonyl (C=O) groups excluding carboxylic acids is 1. The Balaban J connectivity index is 1.84. The molecule has 0 spiro atoms. The van der Waals surface area contributed by atoms with Gasteiger partial charge in [0.05, 0.1) is 11.1 Å². The van der Waals surface area contributed by atoms with E-state index in [1.807, 2.05) is 13.0 Å². The summed E-state index contributed by atoms with van der Waals surface area (Å²) in [6, 6.07) is 3.41. The number of ether oxygens (including phenoxy) is 1. The Labute approximate surface area is 167 Å². The highest BCUT2D eigenvalue weighted by Crippen LogP contribution is 2.14. The van der Waals surface area contributed by atoms with Crippen LogP contribution in [-0.2, 0) is 24.8 Å². The second-order valence-corrected chi connectivity index (χ2v) is 8.09. The molecule has 156 valence electrons. The first-order valence-electron chi connectivity index (χ1n) is 9.55. The molecule has 9 nitrogen and oxygen atoms in total. The second kappa shape index (κ2) is 7.73. The average Bonchev–Trinajstić information content (AvgIpc) is 3.24. The maximum atomic E-state index is 12.8. The summed E-state index contributed by atoms with van der Waals surface area (Å²) in [7, 11) is 1.54. The third-order valence-corrected chi connectivity index (χ3v) is 4.49. The van der Waals surface area contributed by atoms with E-state index in [4.69, 9.17) is 9.26 Å². The van der Waals surface area contributed by atoms with Crippen molar-refractivity contribution in [3.63, 3.8) is 0 Å². The van der Waals surface area contributed by atoms with E-state index in [0.29, 0.717) is 18.2 Å². The van der Waals surface area contributed by atoms with Gasteiger partial charge in [0.1, 0.15) is 17.0 Å². The number of hydrogen-bond acceptors (Lipinski definition) is 6. The van der Waals surface area contributed by atoms with Crippen LogP contribution < -0.4 is 11.2 Å². The van der Waals surface area contributed by atoms with E-state index in [9.17, 15) is 14.4 Å². The zero-order valence-corrected chi connectivity index (χ0v) is 17.4. The van der Waals surface area contributed by atoms with Crippen molar-refractivity contribution in [1.82, 2.24) is 18.9 Å². The fourth-order valence-electron chi connectivity index (χ4n) is 3.20. The quantitative estimate of drug-likeness (QED) is 0.608. The Bertz CT molecular complexity index is 1160. The molecule has 0 bridgehead atoms. The van der Waals surface area contributed by atoms with Crippen molar-refractivity contribution in [3.8, 4) is 0 Å². The van der Waals surface area contributed by atoms with E-state index in [1.165, 1.54) is 26.0 Å². The summed E-state index contributed by atoms with van der Waals surface area (Å²) < 4.78 is 14.2. The Morgan fingerprint density at radius 2 is 1.97 bits per heavy atom. The fraction of sp³-hybridized carbons (Fsp3) is 0.500. The third-order valence-electron chi connectivity index (χ3n) is 4.49. The SMILES string of the molecule is Cc1cc(CCCCn2c(=O)c3ccn(C(=O)OC(C)(C)C)c3n(C)c2=O)on1. The third kappa shape index (κ3) is 4.33. The van der Waals surface area contributed by atoms with Gasteiger partial charge in [-0.25, -0.2) is 14.2 Å². The van der Waals surface area contributed by atoms with Crippen LogP contribution in [0, 0.1) is 6.92 Å². The molecule has 0 aliphatic heterocycles. The van der Waals surface area contributed by atoms with Crippen LogP contribution in [0.3, 0.4) is 0 Å². The lowest BCUT2D eigenvalue weighted by molar-refractivity contribution is 0.0542. The number of rotatable bonds is 5. The molecule has 3 aromatic heterocycles. The van der Waals surface area contributed by atoms with E-state index in [0.717, 1.165) is 17.9 Å². The molecule has 0 aromatic carbocycles. The first-order chi connectivity index (χ1) is 13.6. The lowest BCUT2D eigenvalue weighted by atomic mass is 10.2. The van der Waals surface area contributed by atoms with Gasteiger partial charge in [-0.2, -0.15) is 0 Å². The van der Waals surface area contributed by atoms with Gasteiger partial charge in [0.2, 0.25) is 0 Å². The molecule has 29 heavy (non-hydrogen) atoms. The molecule has 0 radical (unpaired) electrons. The van der Waals surface area contributed by atoms with Crippen LogP contribution in [0.2, 0.25) is 0 Å². The summed E-state index contributed by atoms with van der Waals surface area (Å²) in [5, 5.41) is 4.14. The molecule has 0 fully saturated rings. The van der Waals surface area contributed by atoms with Gasteiger partial charge in [0.25, 0.3) is 5.56 Å². The Morgan fingerprint density at radius 3 is 2.59 bits per heavy atom. The van der Waals surface area contributed by atoms with Crippen molar-refractivity contribution in [2.24, 2.45) is 7.05 Å². The number of unbranched alkanes of at least 4 members (excludes halogenated alkanes) is 1. The number of fused-ring (bicyclic) bond motifs is 1. The van der Waals surface area contributed by atoms with Crippen LogP contribution in [0.4, 0.5) is 4.79 Å². The molecular weight excluding hydrogens is 376 g/mol. The number of carbonyl (C=O) groups is 1. The largest absolute Gasteiger partial charge is 0.443 e. The Morgan fingerprint density at radius 1 is 1.24 bits per heavy atom. The fourth-order valence-corrected chi connectivity index (χ4v) is 3.20. The molecule has 0 atom stereocenters. The summed E-state index contributed by atoms with van der Waals surface area (Å²) in [6.07, 6.45) is 2.89. The van der Waals surface area contributed by atoms with Crippen LogP contribution in [0.5, 0.6) is 0 Å². The van der Waals surface area contributed by atoms with E-state index < -0.39 is 22.9 Å². The smallest absolute Gasteiger partial charge is 0.420 e. The van der Waals surface area contributed by atoms with Crippen LogP contribution in [0.15, 0.2) is 32.4 Å². The first kappa shape index (κ1) is 20.6. The minimum Gasteiger partial charge on any atom is -0.443 e. The monoisotopic (exact) mass is 402 g/mol. The standard InChI is InChI=1S/C20H26N4O5/c1-13-12-14(29-21-13)8-6-7-10-24-17(25)15-9-11-23(16(15)22(5)18(24)26)19(27)28-20(2,3)4/h9,11-12H,6-8,10H2,1-5H3. The highest BCUT2D eigenvalue weighted by atomic mass is 16.6. The lowest BCUT2D eigenvalue weighted by Crippen LogP contribution is -2.40. The molecule has 3 aromatic rings. The Hall–Kier alpha value is -3.10. The van der Waals surface area contributed by atoms with Crippen molar-refractivity contribution in [2.75, 3.05) is 0 Å². The van der Waals surface area contributed by atoms with E-state index in [-0.39, 0.29) is 12.2 Å². The van der Waals surface area contributed by atoms with Gasteiger partial charge < -0.3 is 9.26 Å². The van der Waals surface area contributed by atoms with Gasteiger partial charge in [0.15, 0.2) is 0 Å². The molecule has 3 rings (SSSR count). The molecule has 0 aliphatic rings. The predicted octanol–water partition coefficient (Wildman–Crippen LogP) is 2.60. The highest BCUT2D eigenvalue weighted by Gasteiger charge is 2.22. The maximum Gasteiger partial charge on any atom is 0.420 e. The summed E-state index contributed by atoms with van der Waals surface area (Å²) in [5.74, 6) is 0.785. The summed E-state index contributed by atoms with van der Waals surface area (Å²) in [6.45, 7) is 7.40. The molecule has 9 heteroatoms. The van der Waals surface area contributed by atoms with Crippen molar-refractivity contribution >= 4 is 17.1 Å². The van der Waals surface area contributed by atoms with Crippen LogP contribution in [-0.4, -0.2) is 30.6 Å². The molecule has 0 saturated carbocycles. The minimum absolute atomic E-state index is 0.225. The van der Waals surface area contributed by atoms with Crippen molar-refractivity contribution in [1.29, 1.82) is 0 Å². The van der Waals surface area contributed by atoms with Gasteiger partial charge in [-0.1, -0.05) is 5.16 Å². The molecule has 0 aliphatic carbocycles. The van der Waals surface area contributed by atoms with Crippen LogP contribution >= 0.6 is 0 Å². The van der Waals surface area contributed by atoms with Crippen LogP contribution in [0.25, 0.3) is 11.0 Å². The Kier molecular flexibility index (Phi) is 5.50. The summed E-state index contributed by atoms with van der Waals surface area (Å²) >= 11 is 0. The highest BCUT2D eigenvalue weighted by molar-refractivity contribution is 5.86. The average molecular weight is 402 g/mol. The molecule has 0 N–H and O–H groups in total. The van der Waals surface area contributed by atoms with Gasteiger partial charge in [-0.15, -0.1) is 0 Å². The summed E-state index contributed by atoms with van der Waals surface area (Å²) in [4.78, 5) is 38.1. The number of aromatic nitrogens is 4. The second-order valence-electron chi connectivity index (χ2n) is 8.09. The first-order valence-corrected chi connectivity index (χ1v) is 9.55. The molecule has 0 saturated heterocycles. The van der Waals surface area contributed by atoms with E-state index in [1.54, 1.807) is 27.8 Å². The van der Waals surface area contributed by atoms with Gasteiger partial charge in [0, 0.05) is 32.3 Å². The zero-order valence-electron chi connectivity index (χ0n) is 17.4. The van der Waals surface area contributed by atoms with Crippen molar-refractivity contribution < 1.29 is 14.1 Å². The number of nitrogens with zero attached hydrogens (tertiary/aromatic N) is 4. The lowest BCUT2D eigenvalue weighted by Gasteiger charge is -2.20. The van der Waals surface area contributed by atoms with Crippen molar-refractivity contribution in [3.05, 3.63) is 50.6 Å². The number of hydrogen-bond donors (Lipinski definition) is 0. The molecule has 0 amide bonds. The van der Waals surface area contributed by atoms with Gasteiger partial charge in [-0.3, -0.25) is 13.9 Å². The summed E-state index contributed by atoms with van der Waals surface area (Å²) in [5.41, 5.74) is -0.529. The van der Waals surface area contributed by atoms with E-state index in [2.05, 4.69) is 5.16 Å². The number of aryl methyl sites for hydroxylation is 3. The molecule has 0 unspecified atom stereocenters. The van der Waals surface area contributed by atoms with Crippen LogP contribution in [0.1, 0.15) is 45.1 Å². The topological polar surface area (TPSA) is 101 Å². The van der Waals surface area contributed by atoms with Gasteiger partial charge >= 0.3 is 11.8 Å². The molecule has 3 heterocycles. The van der Waals surface area contributed by atoms with Gasteiger partial charge in [-0.05, 0) is 46.6 Å². The minimum atomic E-state index is -0.691. The maximum absolute atomic E-state index is 12.8. The van der Waals surface area contributed by atoms with Crippen molar-refractivity contribution in [2.45, 2.75) is 59.1 Å². The molecular formula is C20H26N4O5. The normalized spacial score (nSPS) is 11.9. The van der Waals surface area contributed by atoms with E-state index >= 15 is 0 Å².